The molecule has 0 unspecified atom stereocenters. The monoisotopic (exact) mass is 257 g/mol. The molecule has 1 heterocycles. The fraction of sp³-hybridized carbons (Fsp3) is 0.267. The summed E-state index contributed by atoms with van der Waals surface area (Å²) in [5, 5.41) is 3.27. The minimum atomic E-state index is 0.614. The van der Waals surface area contributed by atoms with E-state index in [1.54, 1.807) is 7.11 Å². The Kier molecular flexibility index (Phi) is 4.75. The van der Waals surface area contributed by atoms with Crippen LogP contribution < -0.4 is 15.8 Å². The summed E-state index contributed by atoms with van der Waals surface area (Å²) in [6, 6.07) is 14.1. The minimum absolute atomic E-state index is 0.614. The Morgan fingerprint density at radius 1 is 1.11 bits per heavy atom. The van der Waals surface area contributed by atoms with Gasteiger partial charge in [-0.2, -0.15) is 4.98 Å². The molecule has 0 fully saturated rings. The number of aromatic nitrogens is 1. The number of rotatable bonds is 6. The number of nitrogens with two attached hydrogens (primary N) is 1. The molecule has 4 nitrogen and oxygen atoms in total. The van der Waals surface area contributed by atoms with E-state index in [1.807, 2.05) is 18.2 Å². The third-order valence-electron chi connectivity index (χ3n) is 2.86. The van der Waals surface area contributed by atoms with Gasteiger partial charge in [-0.3, -0.25) is 0 Å². The number of nitrogens with zero attached hydrogens (tertiary/aromatic N) is 1. The molecule has 0 aliphatic rings. The van der Waals surface area contributed by atoms with Crippen LogP contribution in [0.15, 0.2) is 42.5 Å². The van der Waals surface area contributed by atoms with Gasteiger partial charge in [-0.05, 0) is 30.2 Å². The van der Waals surface area contributed by atoms with E-state index in [9.17, 15) is 0 Å². The molecule has 2 rings (SSSR count). The third-order valence-corrected chi connectivity index (χ3v) is 2.86. The summed E-state index contributed by atoms with van der Waals surface area (Å²) in [4.78, 5) is 4.30. The lowest BCUT2D eigenvalue weighted by Gasteiger charge is -2.07. The van der Waals surface area contributed by atoms with E-state index >= 15 is 0 Å². The molecule has 2 aromatic rings. The van der Waals surface area contributed by atoms with Gasteiger partial charge in [-0.15, -0.1) is 0 Å². The number of hydrogen-bond acceptors (Lipinski definition) is 4. The van der Waals surface area contributed by atoms with Crippen molar-refractivity contribution < 1.29 is 4.74 Å². The zero-order valence-electron chi connectivity index (χ0n) is 11.1. The maximum absolute atomic E-state index is 5.53. The van der Waals surface area contributed by atoms with Gasteiger partial charge in [0.2, 0.25) is 5.88 Å². The van der Waals surface area contributed by atoms with Crippen LogP contribution >= 0.6 is 0 Å². The van der Waals surface area contributed by atoms with Crippen LogP contribution in [0.2, 0.25) is 0 Å². The van der Waals surface area contributed by atoms with Crippen molar-refractivity contribution in [2.75, 3.05) is 19.0 Å². The number of methoxy groups -OCH3 is 1. The molecule has 0 radical (unpaired) electrons. The lowest BCUT2D eigenvalue weighted by molar-refractivity contribution is 0.398. The smallest absolute Gasteiger partial charge is 0.214 e. The zero-order chi connectivity index (χ0) is 13.5. The van der Waals surface area contributed by atoms with E-state index in [2.05, 4.69) is 34.6 Å². The van der Waals surface area contributed by atoms with Gasteiger partial charge in [0.1, 0.15) is 5.82 Å². The second-order valence-electron chi connectivity index (χ2n) is 4.27. The Bertz CT molecular complexity index is 511. The lowest BCUT2D eigenvalue weighted by Crippen LogP contribution is -2.04. The number of benzene rings is 1. The van der Waals surface area contributed by atoms with E-state index < -0.39 is 0 Å². The Morgan fingerprint density at radius 2 is 1.84 bits per heavy atom. The van der Waals surface area contributed by atoms with Gasteiger partial charge in [-0.1, -0.05) is 30.3 Å². The summed E-state index contributed by atoms with van der Waals surface area (Å²) in [6.07, 6.45) is 0.922. The van der Waals surface area contributed by atoms with Gasteiger partial charge in [0.25, 0.3) is 0 Å². The SMILES string of the molecule is COc1cccc(NCc2ccc(CCN)cc2)n1. The van der Waals surface area contributed by atoms with Crippen LogP contribution in [-0.4, -0.2) is 18.6 Å². The Labute approximate surface area is 113 Å². The van der Waals surface area contributed by atoms with Crippen LogP contribution in [-0.2, 0) is 13.0 Å². The molecule has 0 amide bonds. The van der Waals surface area contributed by atoms with Crippen molar-refractivity contribution in [3.05, 3.63) is 53.6 Å². The average Bonchev–Trinajstić information content (AvgIpc) is 2.47. The molecule has 0 spiro atoms. The summed E-state index contributed by atoms with van der Waals surface area (Å²) < 4.78 is 5.09. The van der Waals surface area contributed by atoms with Crippen molar-refractivity contribution in [3.8, 4) is 5.88 Å². The van der Waals surface area contributed by atoms with Gasteiger partial charge >= 0.3 is 0 Å². The number of nitrogens with one attached hydrogen (secondary N) is 1. The number of hydrogen-bond donors (Lipinski definition) is 2. The molecule has 1 aromatic carbocycles. The molecule has 0 saturated carbocycles. The largest absolute Gasteiger partial charge is 0.481 e. The van der Waals surface area contributed by atoms with Crippen LogP contribution in [0.4, 0.5) is 5.82 Å². The first-order valence-electron chi connectivity index (χ1n) is 6.34. The first-order chi connectivity index (χ1) is 9.31. The van der Waals surface area contributed by atoms with E-state index in [-0.39, 0.29) is 0 Å². The van der Waals surface area contributed by atoms with Crippen molar-refractivity contribution >= 4 is 5.82 Å². The first-order valence-corrected chi connectivity index (χ1v) is 6.34. The zero-order valence-corrected chi connectivity index (χ0v) is 11.1. The van der Waals surface area contributed by atoms with E-state index in [0.717, 1.165) is 18.8 Å². The lowest BCUT2D eigenvalue weighted by atomic mass is 10.1. The number of ether oxygens (including phenoxy) is 1. The molecule has 0 aliphatic heterocycles. The fourth-order valence-corrected chi connectivity index (χ4v) is 1.81. The molecule has 1 aromatic heterocycles. The molecule has 0 saturated heterocycles. The average molecular weight is 257 g/mol. The first kappa shape index (κ1) is 13.4. The third kappa shape index (κ3) is 3.96. The number of anilines is 1. The highest BCUT2D eigenvalue weighted by Gasteiger charge is 1.98. The predicted octanol–water partition coefficient (Wildman–Crippen LogP) is 2.20. The molecular formula is C15H19N3O. The Morgan fingerprint density at radius 3 is 2.53 bits per heavy atom. The van der Waals surface area contributed by atoms with Gasteiger partial charge in [-0.25, -0.2) is 0 Å². The maximum Gasteiger partial charge on any atom is 0.214 e. The molecule has 0 aliphatic carbocycles. The summed E-state index contributed by atoms with van der Waals surface area (Å²) in [5.74, 6) is 1.42. The second kappa shape index (κ2) is 6.75. The van der Waals surface area contributed by atoms with Crippen LogP contribution in [0.5, 0.6) is 5.88 Å². The standard InChI is InChI=1S/C15H19N3O/c1-19-15-4-2-3-14(18-15)17-11-13-7-5-12(6-8-13)9-10-16/h2-8H,9-11,16H2,1H3,(H,17,18). The quantitative estimate of drug-likeness (QED) is 0.833. The topological polar surface area (TPSA) is 60.2 Å². The Hall–Kier alpha value is -2.07. The van der Waals surface area contributed by atoms with Crippen molar-refractivity contribution in [1.29, 1.82) is 0 Å². The van der Waals surface area contributed by atoms with E-state index in [1.165, 1.54) is 11.1 Å². The summed E-state index contributed by atoms with van der Waals surface area (Å²) in [7, 11) is 1.61. The minimum Gasteiger partial charge on any atom is -0.481 e. The highest BCUT2D eigenvalue weighted by molar-refractivity contribution is 5.38. The molecular weight excluding hydrogens is 238 g/mol. The molecule has 0 atom stereocenters. The summed E-state index contributed by atoms with van der Waals surface area (Å²) in [5.41, 5.74) is 8.01. The van der Waals surface area contributed by atoms with Crippen molar-refractivity contribution in [3.63, 3.8) is 0 Å². The number of pyridine rings is 1. The van der Waals surface area contributed by atoms with E-state index in [0.29, 0.717) is 12.4 Å². The molecule has 4 heteroatoms. The van der Waals surface area contributed by atoms with Crippen molar-refractivity contribution in [1.82, 2.24) is 4.98 Å². The second-order valence-corrected chi connectivity index (χ2v) is 4.27. The molecule has 3 N–H and O–H groups in total. The molecule has 19 heavy (non-hydrogen) atoms. The van der Waals surface area contributed by atoms with Crippen LogP contribution in [0.1, 0.15) is 11.1 Å². The predicted molar refractivity (Wildman–Crippen MR) is 77.3 cm³/mol. The normalized spacial score (nSPS) is 10.2. The molecule has 0 bridgehead atoms. The Balaban J connectivity index is 1.94. The highest BCUT2D eigenvalue weighted by Crippen LogP contribution is 2.12. The van der Waals surface area contributed by atoms with Gasteiger partial charge in [0.05, 0.1) is 7.11 Å². The summed E-state index contributed by atoms with van der Waals surface area (Å²) >= 11 is 0. The van der Waals surface area contributed by atoms with Crippen molar-refractivity contribution in [2.24, 2.45) is 5.73 Å². The van der Waals surface area contributed by atoms with Crippen LogP contribution in [0.3, 0.4) is 0 Å². The van der Waals surface area contributed by atoms with Gasteiger partial charge < -0.3 is 15.8 Å². The summed E-state index contributed by atoms with van der Waals surface area (Å²) in [6.45, 7) is 1.42. The van der Waals surface area contributed by atoms with Crippen LogP contribution in [0.25, 0.3) is 0 Å². The molecule has 100 valence electrons. The highest BCUT2D eigenvalue weighted by atomic mass is 16.5. The fourth-order valence-electron chi connectivity index (χ4n) is 1.81. The van der Waals surface area contributed by atoms with E-state index in [4.69, 9.17) is 10.5 Å². The maximum atomic E-state index is 5.53. The van der Waals surface area contributed by atoms with Crippen LogP contribution in [0, 0.1) is 0 Å². The van der Waals surface area contributed by atoms with Crippen molar-refractivity contribution in [2.45, 2.75) is 13.0 Å². The van der Waals surface area contributed by atoms with Gasteiger partial charge in [0, 0.05) is 12.6 Å². The van der Waals surface area contributed by atoms with Gasteiger partial charge in [0.15, 0.2) is 0 Å².